The average Bonchev–Trinajstić information content (AvgIpc) is 3.31. The van der Waals surface area contributed by atoms with Gasteiger partial charge in [-0.15, -0.1) is 0 Å². The second-order valence-electron chi connectivity index (χ2n) is 12.7. The van der Waals surface area contributed by atoms with Crippen molar-refractivity contribution < 1.29 is 13.7 Å². The first-order valence-corrected chi connectivity index (χ1v) is 17.9. The molecule has 36 heavy (non-hydrogen) atoms. The van der Waals surface area contributed by atoms with E-state index in [9.17, 15) is 10.8 Å². The second kappa shape index (κ2) is 13.5. The molecule has 3 rings (SSSR count). The van der Waals surface area contributed by atoms with Gasteiger partial charge in [0.25, 0.3) is 0 Å². The second-order valence-corrected chi connectivity index (χ2v) is 18.5. The minimum absolute atomic E-state index is 0.0462. The van der Waals surface area contributed by atoms with Gasteiger partial charge in [0, 0.05) is 17.9 Å². The summed E-state index contributed by atoms with van der Waals surface area (Å²) in [7, 11) is -2.50. The predicted octanol–water partition coefficient (Wildman–Crippen LogP) is 7.95. The summed E-state index contributed by atoms with van der Waals surface area (Å²) in [5.74, 6) is 0.817. The Labute approximate surface area is 228 Å². The maximum atomic E-state index is 9.70. The van der Waals surface area contributed by atoms with Crippen LogP contribution >= 0.6 is 15.9 Å². The van der Waals surface area contributed by atoms with Crippen molar-refractivity contribution in [2.75, 3.05) is 6.61 Å². The lowest BCUT2D eigenvalue weighted by Gasteiger charge is -2.38. The lowest BCUT2D eigenvalue weighted by molar-refractivity contribution is 0.0324. The smallest absolute Gasteiger partial charge is 0.416 e. The van der Waals surface area contributed by atoms with Crippen molar-refractivity contribution in [3.05, 3.63) is 10.4 Å². The number of nitrogens with zero attached hydrogens (tertiary/aromatic N) is 4. The van der Waals surface area contributed by atoms with Gasteiger partial charge in [-0.1, -0.05) is 80.3 Å². The van der Waals surface area contributed by atoms with Gasteiger partial charge in [-0.2, -0.15) is 5.26 Å². The Morgan fingerprint density at radius 1 is 1.06 bits per heavy atom. The molecule has 7 nitrogen and oxygen atoms in total. The molecule has 0 N–H and O–H groups in total. The molecule has 0 amide bonds. The van der Waals surface area contributed by atoms with Crippen LogP contribution in [0.2, 0.25) is 18.1 Å². The highest BCUT2D eigenvalue weighted by molar-refractivity contribution is 9.10. The van der Waals surface area contributed by atoms with E-state index in [0.717, 1.165) is 0 Å². The molecule has 1 heterocycles. The van der Waals surface area contributed by atoms with E-state index in [1.807, 2.05) is 0 Å². The van der Waals surface area contributed by atoms with Gasteiger partial charge in [0.2, 0.25) is 0 Å². The Balaban J connectivity index is 1.78. The summed E-state index contributed by atoms with van der Waals surface area (Å²) in [6.07, 6.45) is 13.0. The number of hydrogen-bond acceptors (Lipinski definition) is 5. The first kappa shape index (κ1) is 30.0. The summed E-state index contributed by atoms with van der Waals surface area (Å²) >= 11 is 3.88. The van der Waals surface area contributed by atoms with Crippen LogP contribution in [0.25, 0.3) is 10.4 Å². The number of halogens is 1. The first-order valence-electron chi connectivity index (χ1n) is 14.1. The Kier molecular flexibility index (Phi) is 11.2. The molecular formula is C26H46BBrN4O3Si. The molecule has 0 aromatic carbocycles. The van der Waals surface area contributed by atoms with Crippen molar-refractivity contribution in [2.45, 2.75) is 133 Å². The number of alkyl halides is 1. The van der Waals surface area contributed by atoms with Crippen LogP contribution in [0, 0.1) is 29.1 Å². The van der Waals surface area contributed by atoms with Crippen molar-refractivity contribution >= 4 is 31.4 Å². The van der Waals surface area contributed by atoms with Crippen LogP contribution in [0.15, 0.2) is 5.11 Å². The summed E-state index contributed by atoms with van der Waals surface area (Å²) in [6.45, 7) is 11.3. The molecule has 5 atom stereocenters. The third-order valence-corrected chi connectivity index (χ3v) is 14.9. The highest BCUT2D eigenvalue weighted by Crippen LogP contribution is 2.43. The molecule has 0 aromatic rings. The lowest BCUT2D eigenvalue weighted by Crippen LogP contribution is -2.46. The van der Waals surface area contributed by atoms with E-state index in [1.54, 1.807) is 0 Å². The number of nitriles is 1. The molecular weight excluding hydrogens is 535 g/mol. The lowest BCUT2D eigenvalue weighted by atomic mass is 9.73. The van der Waals surface area contributed by atoms with Crippen molar-refractivity contribution in [1.29, 1.82) is 5.26 Å². The fraction of sp³-hybridized carbons (Fsp3) is 0.962. The minimum atomic E-state index is -2.04. The molecule has 0 aromatic heterocycles. The van der Waals surface area contributed by atoms with Crippen LogP contribution < -0.4 is 0 Å². The topological polar surface area (TPSA) is 100 Å². The van der Waals surface area contributed by atoms with E-state index >= 15 is 0 Å². The number of azide groups is 1. The van der Waals surface area contributed by atoms with E-state index < -0.39 is 21.5 Å². The van der Waals surface area contributed by atoms with Crippen LogP contribution in [0.3, 0.4) is 0 Å². The molecule has 0 unspecified atom stereocenters. The monoisotopic (exact) mass is 580 g/mol. The summed E-state index contributed by atoms with van der Waals surface area (Å²) in [5.41, 5.74) is 9.37. The van der Waals surface area contributed by atoms with Gasteiger partial charge in [0.05, 0.1) is 29.0 Å². The molecule has 202 valence electrons. The SMILES string of the molecule is CC(C)(C)[Si](C)(C)OC[C@@H](N=[N+]=[N-])[C@@H](CC#N)[C@H](Br)B1O[C@@H](C2CCCCC2)[C@H](C2CCCCC2)O1. The molecule has 2 aliphatic carbocycles. The van der Waals surface area contributed by atoms with E-state index in [1.165, 1.54) is 64.2 Å². The minimum Gasteiger partial charge on any atom is -0.416 e. The quantitative estimate of drug-likeness (QED) is 0.0859. The third kappa shape index (κ3) is 7.51. The molecule has 2 saturated carbocycles. The fourth-order valence-corrected chi connectivity index (χ4v) is 7.73. The van der Waals surface area contributed by atoms with Gasteiger partial charge >= 0.3 is 7.12 Å². The molecule has 1 aliphatic heterocycles. The van der Waals surface area contributed by atoms with Gasteiger partial charge in [0.1, 0.15) is 0 Å². The summed E-state index contributed by atoms with van der Waals surface area (Å²) in [4.78, 5) is 3.14. The Bertz CT molecular complexity index is 763. The Hall–Kier alpha value is -0.558. The normalized spacial score (nSPS) is 27.2. The van der Waals surface area contributed by atoms with E-state index in [4.69, 9.17) is 13.7 Å². The van der Waals surface area contributed by atoms with Crippen LogP contribution in [0.1, 0.15) is 91.4 Å². The third-order valence-electron chi connectivity index (χ3n) is 9.25. The molecule has 3 fully saturated rings. The van der Waals surface area contributed by atoms with Crippen molar-refractivity contribution in [2.24, 2.45) is 22.9 Å². The zero-order chi connectivity index (χ0) is 26.3. The van der Waals surface area contributed by atoms with Crippen LogP contribution in [0.5, 0.6) is 0 Å². The first-order chi connectivity index (χ1) is 17.1. The molecule has 0 radical (unpaired) electrons. The van der Waals surface area contributed by atoms with Gasteiger partial charge < -0.3 is 13.7 Å². The maximum absolute atomic E-state index is 9.70. The summed E-state index contributed by atoms with van der Waals surface area (Å²) < 4.78 is 19.7. The molecule has 0 spiro atoms. The summed E-state index contributed by atoms with van der Waals surface area (Å²) in [5, 5.41) is 13.9. The van der Waals surface area contributed by atoms with Crippen molar-refractivity contribution in [1.82, 2.24) is 0 Å². The Morgan fingerprint density at radius 3 is 1.97 bits per heavy atom. The molecule has 10 heteroatoms. The zero-order valence-corrected chi connectivity index (χ0v) is 25.6. The Morgan fingerprint density at radius 2 is 1.56 bits per heavy atom. The maximum Gasteiger partial charge on any atom is 0.472 e. The van der Waals surface area contributed by atoms with Crippen LogP contribution in [-0.4, -0.2) is 45.0 Å². The van der Waals surface area contributed by atoms with E-state index in [-0.39, 0.29) is 34.3 Å². The van der Waals surface area contributed by atoms with E-state index in [0.29, 0.717) is 18.4 Å². The van der Waals surface area contributed by atoms with Gasteiger partial charge in [0.15, 0.2) is 8.32 Å². The highest BCUT2D eigenvalue weighted by Gasteiger charge is 2.52. The van der Waals surface area contributed by atoms with Crippen molar-refractivity contribution in [3.8, 4) is 6.07 Å². The average molecular weight is 581 g/mol. The van der Waals surface area contributed by atoms with E-state index in [2.05, 4.69) is 65.9 Å². The molecule has 1 saturated heterocycles. The van der Waals surface area contributed by atoms with Crippen LogP contribution in [0.4, 0.5) is 0 Å². The van der Waals surface area contributed by atoms with Gasteiger partial charge in [-0.05, 0) is 67.1 Å². The van der Waals surface area contributed by atoms with Gasteiger partial charge in [-0.3, -0.25) is 0 Å². The van der Waals surface area contributed by atoms with Gasteiger partial charge in [-0.25, -0.2) is 0 Å². The van der Waals surface area contributed by atoms with Crippen LogP contribution in [-0.2, 0) is 13.7 Å². The largest absolute Gasteiger partial charge is 0.472 e. The predicted molar refractivity (Wildman–Crippen MR) is 151 cm³/mol. The number of hydrogen-bond donors (Lipinski definition) is 0. The van der Waals surface area contributed by atoms with Crippen molar-refractivity contribution in [3.63, 3.8) is 0 Å². The molecule has 3 aliphatic rings. The standard InChI is InChI=1S/C26H46BBrN4O3Si/c1-26(2,3)36(4,5)33-18-22(31-32-30)21(16-17-29)25(28)27-34-23(19-12-8-6-9-13-19)24(35-27)20-14-10-7-11-15-20/h19-25H,6-16,18H2,1-5H3/t21-,22-,23+,24+,25+/m1/s1. The highest BCUT2D eigenvalue weighted by atomic mass is 79.9. The zero-order valence-electron chi connectivity index (χ0n) is 23.0. The fourth-order valence-electron chi connectivity index (χ4n) is 5.92. The summed E-state index contributed by atoms with van der Waals surface area (Å²) in [6, 6.07) is 1.85. The number of rotatable bonds is 10. The molecule has 0 bridgehead atoms.